The number of fused-ring (bicyclic) bond motifs is 1. The minimum Gasteiger partial charge on any atom is -0.298 e. The number of benzene rings is 2. The van der Waals surface area contributed by atoms with Gasteiger partial charge in [-0.05, 0) is 48.4 Å². The molecule has 1 saturated heterocycles. The largest absolute Gasteiger partial charge is 0.416 e. The molecule has 0 amide bonds. The van der Waals surface area contributed by atoms with Gasteiger partial charge >= 0.3 is 6.18 Å². The average molecular weight is 424 g/mol. The van der Waals surface area contributed by atoms with Gasteiger partial charge in [0.25, 0.3) is 0 Å². The monoisotopic (exact) mass is 424 g/mol. The van der Waals surface area contributed by atoms with Gasteiger partial charge in [-0.3, -0.25) is 4.90 Å². The molecule has 0 bridgehead atoms. The zero-order chi connectivity index (χ0) is 20.6. The summed E-state index contributed by atoms with van der Waals surface area (Å²) in [5.41, 5.74) is 0.258. The summed E-state index contributed by atoms with van der Waals surface area (Å²) in [5.74, 6) is 0.590. The van der Waals surface area contributed by atoms with Crippen LogP contribution >= 0.6 is 0 Å². The molecule has 0 spiro atoms. The number of likely N-dealkylation sites (tertiary alicyclic amines) is 1. The van der Waals surface area contributed by atoms with Crippen LogP contribution in [0.3, 0.4) is 0 Å². The molecule has 4 rings (SSSR count). The lowest BCUT2D eigenvalue weighted by molar-refractivity contribution is -0.137. The summed E-state index contributed by atoms with van der Waals surface area (Å²) in [7, 11) is -4.01. The molecule has 29 heavy (non-hydrogen) atoms. The normalized spacial score (nSPS) is 25.3. The fourth-order valence-corrected chi connectivity index (χ4v) is 5.95. The predicted molar refractivity (Wildman–Crippen MR) is 103 cm³/mol. The van der Waals surface area contributed by atoms with Gasteiger partial charge in [-0.15, -0.1) is 0 Å². The second kappa shape index (κ2) is 7.74. The zero-order valence-electron chi connectivity index (χ0n) is 15.8. The van der Waals surface area contributed by atoms with Crippen molar-refractivity contribution in [2.75, 3.05) is 13.1 Å². The minimum atomic E-state index is -4.58. The van der Waals surface area contributed by atoms with Crippen molar-refractivity contribution < 1.29 is 21.6 Å². The van der Waals surface area contributed by atoms with E-state index in [1.54, 1.807) is 0 Å². The van der Waals surface area contributed by atoms with E-state index in [1.807, 2.05) is 18.2 Å². The van der Waals surface area contributed by atoms with Gasteiger partial charge in [-0.25, -0.2) is 13.1 Å². The van der Waals surface area contributed by atoms with E-state index in [2.05, 4.69) is 21.8 Å². The second-order valence-corrected chi connectivity index (χ2v) is 9.65. The van der Waals surface area contributed by atoms with Crippen molar-refractivity contribution in [3.05, 3.63) is 65.7 Å². The van der Waals surface area contributed by atoms with Crippen molar-refractivity contribution in [1.29, 1.82) is 0 Å². The molecule has 1 aliphatic carbocycles. The molecule has 1 aliphatic heterocycles. The van der Waals surface area contributed by atoms with Crippen molar-refractivity contribution >= 4 is 10.0 Å². The van der Waals surface area contributed by atoms with E-state index in [1.165, 1.54) is 11.6 Å². The van der Waals surface area contributed by atoms with Gasteiger partial charge in [0, 0.05) is 25.7 Å². The van der Waals surface area contributed by atoms with Crippen LogP contribution in [-0.4, -0.2) is 32.4 Å². The van der Waals surface area contributed by atoms with Crippen LogP contribution in [0.15, 0.2) is 59.5 Å². The fourth-order valence-electron chi connectivity index (χ4n) is 4.58. The number of halogens is 3. The quantitative estimate of drug-likeness (QED) is 0.792. The number of alkyl halides is 3. The van der Waals surface area contributed by atoms with Crippen LogP contribution in [0.4, 0.5) is 13.2 Å². The Morgan fingerprint density at radius 1 is 1.00 bits per heavy atom. The third-order valence-electron chi connectivity index (χ3n) is 5.96. The van der Waals surface area contributed by atoms with Gasteiger partial charge in [0.1, 0.15) is 0 Å². The molecule has 0 aromatic heterocycles. The molecule has 156 valence electrons. The smallest absolute Gasteiger partial charge is 0.298 e. The third kappa shape index (κ3) is 4.49. The van der Waals surface area contributed by atoms with Gasteiger partial charge < -0.3 is 0 Å². The Labute approximate surface area is 168 Å². The first-order valence-corrected chi connectivity index (χ1v) is 11.2. The lowest BCUT2D eigenvalue weighted by Crippen LogP contribution is -2.39. The van der Waals surface area contributed by atoms with Crippen molar-refractivity contribution in [2.24, 2.45) is 11.8 Å². The van der Waals surface area contributed by atoms with Crippen LogP contribution in [0.25, 0.3) is 0 Å². The molecule has 1 heterocycles. The van der Waals surface area contributed by atoms with Crippen molar-refractivity contribution in [3.8, 4) is 0 Å². The van der Waals surface area contributed by atoms with E-state index < -0.39 is 21.8 Å². The van der Waals surface area contributed by atoms with Crippen LogP contribution in [-0.2, 0) is 22.7 Å². The molecular formula is C21H23F3N2O2S. The molecule has 2 aromatic rings. The first kappa shape index (κ1) is 20.4. The predicted octanol–water partition coefficient (Wildman–Crippen LogP) is 3.89. The Balaban J connectivity index is 1.45. The van der Waals surface area contributed by atoms with Crippen LogP contribution in [0.1, 0.15) is 24.0 Å². The van der Waals surface area contributed by atoms with Gasteiger partial charge in [-0.2, -0.15) is 13.2 Å². The summed E-state index contributed by atoms with van der Waals surface area (Å²) in [6, 6.07) is 13.8. The maximum atomic E-state index is 12.9. The number of hydrogen-bond donors (Lipinski definition) is 1. The molecule has 8 heteroatoms. The van der Waals surface area contributed by atoms with Crippen molar-refractivity contribution in [3.63, 3.8) is 0 Å². The van der Waals surface area contributed by atoms with Crippen molar-refractivity contribution in [1.82, 2.24) is 9.62 Å². The lowest BCUT2D eigenvalue weighted by atomic mass is 9.98. The van der Waals surface area contributed by atoms with E-state index in [0.717, 1.165) is 38.2 Å². The molecule has 2 fully saturated rings. The number of hydrogen-bond acceptors (Lipinski definition) is 3. The number of nitrogens with zero attached hydrogens (tertiary/aromatic N) is 1. The maximum absolute atomic E-state index is 12.9. The Morgan fingerprint density at radius 2 is 1.76 bits per heavy atom. The number of rotatable bonds is 5. The van der Waals surface area contributed by atoms with Crippen LogP contribution in [0.2, 0.25) is 0 Å². The molecule has 2 aliphatic rings. The van der Waals surface area contributed by atoms with Crippen LogP contribution < -0.4 is 4.72 Å². The van der Waals surface area contributed by atoms with E-state index in [-0.39, 0.29) is 16.9 Å². The summed E-state index contributed by atoms with van der Waals surface area (Å²) in [4.78, 5) is 1.99. The van der Waals surface area contributed by atoms with Gasteiger partial charge in [0.2, 0.25) is 10.0 Å². The summed E-state index contributed by atoms with van der Waals surface area (Å²) < 4.78 is 67.0. The molecule has 0 unspecified atom stereocenters. The summed E-state index contributed by atoms with van der Waals surface area (Å²) >= 11 is 0. The Kier molecular flexibility index (Phi) is 5.44. The minimum absolute atomic E-state index is 0.180. The fraction of sp³-hybridized carbons (Fsp3) is 0.429. The number of sulfonamides is 1. The molecule has 3 atom stereocenters. The second-order valence-electron chi connectivity index (χ2n) is 7.93. The van der Waals surface area contributed by atoms with Gasteiger partial charge in [-0.1, -0.05) is 36.4 Å². The highest BCUT2D eigenvalue weighted by Crippen LogP contribution is 2.39. The zero-order valence-corrected chi connectivity index (χ0v) is 16.6. The molecule has 1 saturated carbocycles. The molecule has 0 radical (unpaired) electrons. The first-order valence-electron chi connectivity index (χ1n) is 9.68. The first-order chi connectivity index (χ1) is 13.7. The molecule has 2 aromatic carbocycles. The molecular weight excluding hydrogens is 401 g/mol. The van der Waals surface area contributed by atoms with Gasteiger partial charge in [0.05, 0.1) is 10.5 Å². The average Bonchev–Trinajstić information content (AvgIpc) is 3.23. The highest BCUT2D eigenvalue weighted by Gasteiger charge is 2.44. The van der Waals surface area contributed by atoms with Crippen LogP contribution in [0.5, 0.6) is 0 Å². The summed E-state index contributed by atoms with van der Waals surface area (Å²) in [6.45, 7) is 2.53. The van der Waals surface area contributed by atoms with E-state index in [9.17, 15) is 21.6 Å². The SMILES string of the molecule is O=S(=O)(N[C@H]1CC[C@@H]2CN(Cc3ccccc3)C[C@@H]21)c1cccc(C(F)(F)F)c1. The van der Waals surface area contributed by atoms with Crippen LogP contribution in [0, 0.1) is 11.8 Å². The lowest BCUT2D eigenvalue weighted by Gasteiger charge is -2.22. The number of nitrogens with one attached hydrogen (secondary N) is 1. The highest BCUT2D eigenvalue weighted by atomic mass is 32.2. The Bertz CT molecular complexity index is 963. The van der Waals surface area contributed by atoms with E-state index in [0.29, 0.717) is 18.4 Å². The Morgan fingerprint density at radius 3 is 2.48 bits per heavy atom. The molecule has 1 N–H and O–H groups in total. The molecule has 4 nitrogen and oxygen atoms in total. The Hall–Kier alpha value is -1.90. The topological polar surface area (TPSA) is 49.4 Å². The summed E-state index contributed by atoms with van der Waals surface area (Å²) in [6.07, 6.45) is -2.94. The van der Waals surface area contributed by atoms with Crippen molar-refractivity contribution in [2.45, 2.75) is 36.5 Å². The standard InChI is InChI=1S/C21H23F3N2O2S/c22-21(23,24)17-7-4-8-18(11-17)29(27,28)25-20-10-9-16-13-26(14-19(16)20)12-15-5-2-1-3-6-15/h1-8,11,16,19-20,25H,9-10,12-14H2/t16-,19+,20+/m1/s1. The van der Waals surface area contributed by atoms with E-state index in [4.69, 9.17) is 0 Å². The maximum Gasteiger partial charge on any atom is 0.416 e. The highest BCUT2D eigenvalue weighted by molar-refractivity contribution is 7.89. The third-order valence-corrected chi connectivity index (χ3v) is 7.45. The van der Waals surface area contributed by atoms with Gasteiger partial charge in [0.15, 0.2) is 0 Å². The van der Waals surface area contributed by atoms with E-state index >= 15 is 0 Å². The summed E-state index contributed by atoms with van der Waals surface area (Å²) in [5, 5.41) is 0.